The molecule has 3 aromatic carbocycles. The number of ketones is 1. The third-order valence-electron chi connectivity index (χ3n) is 4.91. The average molecular weight is 418 g/mol. The number of hydrogen-bond donors (Lipinski definition) is 0. The molecule has 0 aliphatic carbocycles. The first-order chi connectivity index (χ1) is 15.1. The fourth-order valence-corrected chi connectivity index (χ4v) is 3.38. The van der Waals surface area contributed by atoms with Gasteiger partial charge in [0.25, 0.3) is 0 Å². The molecule has 1 heterocycles. The Kier molecular flexibility index (Phi) is 5.80. The lowest BCUT2D eigenvalue weighted by molar-refractivity contribution is 0.101. The molecule has 1 aliphatic heterocycles. The van der Waals surface area contributed by atoms with Crippen molar-refractivity contribution in [2.45, 2.75) is 6.61 Å². The van der Waals surface area contributed by atoms with Crippen molar-refractivity contribution in [2.24, 2.45) is 0 Å². The molecular weight excluding hydrogens is 396 g/mol. The highest BCUT2D eigenvalue weighted by Gasteiger charge is 2.28. The molecule has 0 N–H and O–H groups in total. The first-order valence-corrected chi connectivity index (χ1v) is 9.68. The van der Waals surface area contributed by atoms with Crippen LogP contribution in [0, 0.1) is 0 Å². The number of ether oxygens (including phenoxy) is 5. The standard InChI is InChI=1S/C25H22O6/c1-27-20-12-9-17(24(28-2)25(20)29-3)13-22-23(26)19-11-10-18(14-21(19)31-22)30-15-16-7-5-4-6-8-16/h4-14H,15H2,1-3H3. The van der Waals surface area contributed by atoms with Gasteiger partial charge >= 0.3 is 0 Å². The summed E-state index contributed by atoms with van der Waals surface area (Å²) in [6.07, 6.45) is 1.63. The maximum absolute atomic E-state index is 12.8. The van der Waals surface area contributed by atoms with Gasteiger partial charge in [-0.05, 0) is 35.9 Å². The first-order valence-electron chi connectivity index (χ1n) is 9.68. The highest BCUT2D eigenvalue weighted by atomic mass is 16.5. The molecule has 0 saturated heterocycles. The van der Waals surface area contributed by atoms with Gasteiger partial charge in [-0.3, -0.25) is 4.79 Å². The van der Waals surface area contributed by atoms with E-state index in [1.165, 1.54) is 14.2 Å². The van der Waals surface area contributed by atoms with Crippen molar-refractivity contribution in [3.8, 4) is 28.7 Å². The summed E-state index contributed by atoms with van der Waals surface area (Å²) in [5.41, 5.74) is 2.18. The molecule has 4 rings (SSSR count). The fourth-order valence-electron chi connectivity index (χ4n) is 3.38. The van der Waals surface area contributed by atoms with Crippen molar-refractivity contribution in [1.29, 1.82) is 0 Å². The molecule has 0 atom stereocenters. The molecule has 6 nitrogen and oxygen atoms in total. The van der Waals surface area contributed by atoms with Crippen LogP contribution < -0.4 is 23.7 Å². The summed E-state index contributed by atoms with van der Waals surface area (Å²) < 4.78 is 27.9. The molecular formula is C25H22O6. The molecule has 1 aliphatic rings. The monoisotopic (exact) mass is 418 g/mol. The van der Waals surface area contributed by atoms with Crippen molar-refractivity contribution >= 4 is 11.9 Å². The molecule has 6 heteroatoms. The molecule has 3 aromatic rings. The Morgan fingerprint density at radius 2 is 1.65 bits per heavy atom. The van der Waals surface area contributed by atoms with Gasteiger partial charge in [-0.15, -0.1) is 0 Å². The predicted molar refractivity (Wildman–Crippen MR) is 116 cm³/mol. The van der Waals surface area contributed by atoms with E-state index in [1.807, 2.05) is 30.3 Å². The Bertz CT molecular complexity index is 1130. The van der Waals surface area contributed by atoms with Crippen molar-refractivity contribution in [3.05, 3.63) is 83.1 Å². The van der Waals surface area contributed by atoms with E-state index in [4.69, 9.17) is 23.7 Å². The van der Waals surface area contributed by atoms with E-state index in [2.05, 4.69) is 0 Å². The van der Waals surface area contributed by atoms with Crippen molar-refractivity contribution in [3.63, 3.8) is 0 Å². The summed E-state index contributed by atoms with van der Waals surface area (Å²) in [7, 11) is 4.61. The molecule has 0 spiro atoms. The van der Waals surface area contributed by atoms with Crippen LogP contribution in [0.1, 0.15) is 21.5 Å². The van der Waals surface area contributed by atoms with Crippen LogP contribution in [0.4, 0.5) is 0 Å². The third-order valence-corrected chi connectivity index (χ3v) is 4.91. The van der Waals surface area contributed by atoms with Crippen LogP contribution in [0.5, 0.6) is 28.7 Å². The van der Waals surface area contributed by atoms with E-state index < -0.39 is 0 Å². The Balaban J connectivity index is 1.58. The van der Waals surface area contributed by atoms with Gasteiger partial charge < -0.3 is 23.7 Å². The average Bonchev–Trinajstić information content (AvgIpc) is 3.12. The molecule has 0 fully saturated rings. The lowest BCUT2D eigenvalue weighted by Crippen LogP contribution is -2.00. The van der Waals surface area contributed by atoms with E-state index in [-0.39, 0.29) is 11.5 Å². The van der Waals surface area contributed by atoms with Gasteiger partial charge in [0, 0.05) is 11.6 Å². The van der Waals surface area contributed by atoms with Crippen LogP contribution in [-0.4, -0.2) is 27.1 Å². The number of methoxy groups -OCH3 is 3. The summed E-state index contributed by atoms with van der Waals surface area (Å²) in [4.78, 5) is 12.8. The van der Waals surface area contributed by atoms with Gasteiger partial charge in [0.2, 0.25) is 11.5 Å². The van der Waals surface area contributed by atoms with Crippen molar-refractivity contribution in [2.75, 3.05) is 21.3 Å². The second-order valence-corrected chi connectivity index (χ2v) is 6.80. The van der Waals surface area contributed by atoms with E-state index in [9.17, 15) is 4.79 Å². The number of hydrogen-bond acceptors (Lipinski definition) is 6. The second-order valence-electron chi connectivity index (χ2n) is 6.80. The lowest BCUT2D eigenvalue weighted by Gasteiger charge is -2.14. The Hall–Kier alpha value is -3.93. The summed E-state index contributed by atoms with van der Waals surface area (Å²) in [5, 5.41) is 0. The smallest absolute Gasteiger partial charge is 0.231 e. The van der Waals surface area contributed by atoms with Crippen LogP contribution in [0.15, 0.2) is 66.4 Å². The topological polar surface area (TPSA) is 63.2 Å². The molecule has 158 valence electrons. The number of benzene rings is 3. The highest BCUT2D eigenvalue weighted by Crippen LogP contribution is 2.42. The first kappa shape index (κ1) is 20.3. The zero-order valence-electron chi connectivity index (χ0n) is 17.5. The van der Waals surface area contributed by atoms with Gasteiger partial charge in [-0.1, -0.05) is 30.3 Å². The SMILES string of the molecule is COc1ccc(C=C2Oc3cc(OCc4ccccc4)ccc3C2=O)c(OC)c1OC. The maximum atomic E-state index is 12.8. The van der Waals surface area contributed by atoms with E-state index >= 15 is 0 Å². The van der Waals surface area contributed by atoms with Gasteiger partial charge in [0.1, 0.15) is 18.1 Å². The summed E-state index contributed by atoms with van der Waals surface area (Å²) in [5.74, 6) is 2.50. The Labute approximate surface area is 180 Å². The molecule has 0 amide bonds. The van der Waals surface area contributed by atoms with Gasteiger partial charge in [0.05, 0.1) is 26.9 Å². The van der Waals surface area contributed by atoms with Gasteiger partial charge in [-0.2, -0.15) is 0 Å². The van der Waals surface area contributed by atoms with E-state index in [0.717, 1.165) is 5.56 Å². The molecule has 0 aromatic heterocycles. The third kappa shape index (κ3) is 4.05. The number of Topliss-reactive ketones (excluding diaryl/α,β-unsaturated/α-hetero) is 1. The molecule has 0 radical (unpaired) electrons. The molecule has 0 bridgehead atoms. The Morgan fingerprint density at radius 3 is 2.35 bits per heavy atom. The molecule has 31 heavy (non-hydrogen) atoms. The van der Waals surface area contributed by atoms with Crippen molar-refractivity contribution in [1.82, 2.24) is 0 Å². The minimum absolute atomic E-state index is 0.195. The molecule has 0 saturated carbocycles. The fraction of sp³-hybridized carbons (Fsp3) is 0.160. The predicted octanol–water partition coefficient (Wildman–Crippen LogP) is 4.91. The summed E-state index contributed by atoms with van der Waals surface area (Å²) >= 11 is 0. The number of carbonyl (C=O) groups is 1. The normalized spacial score (nSPS) is 13.5. The van der Waals surface area contributed by atoms with Crippen LogP contribution in [0.2, 0.25) is 0 Å². The lowest BCUT2D eigenvalue weighted by atomic mass is 10.1. The zero-order valence-corrected chi connectivity index (χ0v) is 17.5. The zero-order chi connectivity index (χ0) is 21.8. The summed E-state index contributed by atoms with van der Waals surface area (Å²) in [6, 6.07) is 18.6. The van der Waals surface area contributed by atoms with Gasteiger partial charge in [-0.25, -0.2) is 0 Å². The maximum Gasteiger partial charge on any atom is 0.231 e. The number of allylic oxidation sites excluding steroid dienone is 1. The minimum Gasteiger partial charge on any atom is -0.493 e. The largest absolute Gasteiger partial charge is 0.493 e. The minimum atomic E-state index is -0.207. The number of carbonyl (C=O) groups excluding carboxylic acids is 1. The second kappa shape index (κ2) is 8.83. The van der Waals surface area contributed by atoms with Crippen LogP contribution in [-0.2, 0) is 6.61 Å². The van der Waals surface area contributed by atoms with Crippen LogP contribution >= 0.6 is 0 Å². The van der Waals surface area contributed by atoms with Crippen LogP contribution in [0.25, 0.3) is 6.08 Å². The highest BCUT2D eigenvalue weighted by molar-refractivity contribution is 6.14. The number of fused-ring (bicyclic) bond motifs is 1. The molecule has 0 unspecified atom stereocenters. The Morgan fingerprint density at radius 1 is 0.871 bits per heavy atom. The van der Waals surface area contributed by atoms with E-state index in [0.29, 0.717) is 46.5 Å². The van der Waals surface area contributed by atoms with Gasteiger partial charge in [0.15, 0.2) is 17.3 Å². The number of rotatable bonds is 7. The quantitative estimate of drug-likeness (QED) is 0.508. The van der Waals surface area contributed by atoms with Crippen LogP contribution in [0.3, 0.4) is 0 Å². The van der Waals surface area contributed by atoms with Crippen molar-refractivity contribution < 1.29 is 28.5 Å². The van der Waals surface area contributed by atoms with E-state index in [1.54, 1.807) is 43.5 Å². The summed E-state index contributed by atoms with van der Waals surface area (Å²) in [6.45, 7) is 0.430.